The van der Waals surface area contributed by atoms with Gasteiger partial charge in [-0.05, 0) is 19.5 Å². The van der Waals surface area contributed by atoms with E-state index in [1.54, 1.807) is 0 Å². The van der Waals surface area contributed by atoms with Crippen LogP contribution in [0.15, 0.2) is 6.07 Å². The van der Waals surface area contributed by atoms with Gasteiger partial charge in [0, 0.05) is 26.0 Å². The first kappa shape index (κ1) is 11.5. The summed E-state index contributed by atoms with van der Waals surface area (Å²) in [6.07, 6.45) is 0.993. The summed E-state index contributed by atoms with van der Waals surface area (Å²) in [5.41, 5.74) is 2.40. The van der Waals surface area contributed by atoms with Gasteiger partial charge in [0.15, 0.2) is 0 Å². The molecule has 0 aliphatic carbocycles. The SMILES string of the molecule is CCc1cc(CN(C)CCCl)n(C)n1. The zero-order chi connectivity index (χ0) is 10.6. The fourth-order valence-electron chi connectivity index (χ4n) is 1.39. The zero-order valence-corrected chi connectivity index (χ0v) is 9.88. The highest BCUT2D eigenvalue weighted by Crippen LogP contribution is 2.06. The molecular formula is C10H18ClN3. The van der Waals surface area contributed by atoms with Crippen molar-refractivity contribution in [1.82, 2.24) is 14.7 Å². The van der Waals surface area contributed by atoms with Crippen LogP contribution in [0, 0.1) is 0 Å². The Morgan fingerprint density at radius 1 is 1.57 bits per heavy atom. The zero-order valence-electron chi connectivity index (χ0n) is 9.13. The molecular weight excluding hydrogens is 198 g/mol. The first-order valence-electron chi connectivity index (χ1n) is 4.93. The summed E-state index contributed by atoms with van der Waals surface area (Å²) in [5.74, 6) is 0.676. The van der Waals surface area contributed by atoms with E-state index in [4.69, 9.17) is 11.6 Å². The number of aromatic nitrogens is 2. The molecule has 3 nitrogen and oxygen atoms in total. The van der Waals surface area contributed by atoms with Gasteiger partial charge < -0.3 is 0 Å². The third-order valence-electron chi connectivity index (χ3n) is 2.29. The van der Waals surface area contributed by atoms with Crippen LogP contribution in [0.4, 0.5) is 0 Å². The highest BCUT2D eigenvalue weighted by molar-refractivity contribution is 6.18. The van der Waals surface area contributed by atoms with Crippen LogP contribution in [0.3, 0.4) is 0 Å². The summed E-state index contributed by atoms with van der Waals surface area (Å²) in [6, 6.07) is 2.16. The van der Waals surface area contributed by atoms with E-state index in [0.717, 1.165) is 25.2 Å². The average molecular weight is 216 g/mol. The number of halogens is 1. The number of nitrogens with zero attached hydrogens (tertiary/aromatic N) is 3. The van der Waals surface area contributed by atoms with Crippen LogP contribution in [-0.4, -0.2) is 34.2 Å². The Kier molecular flexibility index (Phi) is 4.42. The Labute approximate surface area is 90.7 Å². The fraction of sp³-hybridized carbons (Fsp3) is 0.700. The first-order chi connectivity index (χ1) is 6.67. The van der Waals surface area contributed by atoms with Crippen LogP contribution < -0.4 is 0 Å². The van der Waals surface area contributed by atoms with Gasteiger partial charge in [-0.2, -0.15) is 5.10 Å². The monoisotopic (exact) mass is 215 g/mol. The molecule has 80 valence electrons. The van der Waals surface area contributed by atoms with Gasteiger partial charge in [-0.25, -0.2) is 0 Å². The summed E-state index contributed by atoms with van der Waals surface area (Å²) in [4.78, 5) is 2.20. The molecule has 0 unspecified atom stereocenters. The third kappa shape index (κ3) is 3.00. The highest BCUT2D eigenvalue weighted by atomic mass is 35.5. The average Bonchev–Trinajstić information content (AvgIpc) is 2.48. The maximum atomic E-state index is 5.67. The lowest BCUT2D eigenvalue weighted by Crippen LogP contribution is -2.21. The Balaban J connectivity index is 2.61. The third-order valence-corrected chi connectivity index (χ3v) is 2.46. The van der Waals surface area contributed by atoms with Gasteiger partial charge in [0.25, 0.3) is 0 Å². The van der Waals surface area contributed by atoms with Gasteiger partial charge in [0.1, 0.15) is 0 Å². The van der Waals surface area contributed by atoms with Crippen molar-refractivity contribution in [2.75, 3.05) is 19.5 Å². The minimum atomic E-state index is 0.676. The molecule has 0 N–H and O–H groups in total. The Morgan fingerprint density at radius 3 is 2.79 bits per heavy atom. The maximum absolute atomic E-state index is 5.67. The van der Waals surface area contributed by atoms with E-state index < -0.39 is 0 Å². The van der Waals surface area contributed by atoms with Crippen LogP contribution in [-0.2, 0) is 20.0 Å². The molecule has 0 amide bonds. The molecule has 1 aromatic heterocycles. The van der Waals surface area contributed by atoms with E-state index in [-0.39, 0.29) is 0 Å². The van der Waals surface area contributed by atoms with Crippen LogP contribution in [0.5, 0.6) is 0 Å². The summed E-state index contributed by atoms with van der Waals surface area (Å²) < 4.78 is 1.95. The largest absolute Gasteiger partial charge is 0.299 e. The minimum absolute atomic E-state index is 0.676. The summed E-state index contributed by atoms with van der Waals surface area (Å²) in [7, 11) is 4.06. The lowest BCUT2D eigenvalue weighted by atomic mass is 10.3. The van der Waals surface area contributed by atoms with Crippen molar-refractivity contribution < 1.29 is 0 Å². The number of aryl methyl sites for hydroxylation is 2. The van der Waals surface area contributed by atoms with Crippen LogP contribution in [0.25, 0.3) is 0 Å². The summed E-state index contributed by atoms with van der Waals surface area (Å²) >= 11 is 5.67. The number of rotatable bonds is 5. The predicted molar refractivity (Wildman–Crippen MR) is 59.6 cm³/mol. The lowest BCUT2D eigenvalue weighted by Gasteiger charge is -2.14. The molecule has 0 saturated carbocycles. The van der Waals surface area contributed by atoms with Gasteiger partial charge in [-0.15, -0.1) is 11.6 Å². The van der Waals surface area contributed by atoms with Crippen molar-refractivity contribution in [2.24, 2.45) is 7.05 Å². The normalized spacial score (nSPS) is 11.2. The van der Waals surface area contributed by atoms with Gasteiger partial charge >= 0.3 is 0 Å². The van der Waals surface area contributed by atoms with Gasteiger partial charge in [0.2, 0.25) is 0 Å². The van der Waals surface area contributed by atoms with E-state index >= 15 is 0 Å². The van der Waals surface area contributed by atoms with Crippen molar-refractivity contribution in [3.8, 4) is 0 Å². The topological polar surface area (TPSA) is 21.1 Å². The summed E-state index contributed by atoms with van der Waals surface area (Å²) in [5, 5.41) is 4.40. The number of hydrogen-bond donors (Lipinski definition) is 0. The Bertz CT molecular complexity index is 283. The molecule has 1 aromatic rings. The lowest BCUT2D eigenvalue weighted by molar-refractivity contribution is 0.337. The van der Waals surface area contributed by atoms with E-state index in [0.29, 0.717) is 5.88 Å². The van der Waals surface area contributed by atoms with E-state index in [1.807, 2.05) is 11.7 Å². The number of hydrogen-bond acceptors (Lipinski definition) is 2. The number of alkyl halides is 1. The quantitative estimate of drug-likeness (QED) is 0.697. The van der Waals surface area contributed by atoms with Crippen molar-refractivity contribution in [1.29, 1.82) is 0 Å². The van der Waals surface area contributed by atoms with E-state index in [1.165, 1.54) is 5.69 Å². The van der Waals surface area contributed by atoms with Gasteiger partial charge in [-0.3, -0.25) is 9.58 Å². The predicted octanol–water partition coefficient (Wildman–Crippen LogP) is 1.65. The molecule has 0 atom stereocenters. The fourth-order valence-corrected chi connectivity index (χ4v) is 1.68. The van der Waals surface area contributed by atoms with Crippen LogP contribution in [0.2, 0.25) is 0 Å². The molecule has 0 saturated heterocycles. The molecule has 0 spiro atoms. The molecule has 1 heterocycles. The van der Waals surface area contributed by atoms with Crippen molar-refractivity contribution in [3.05, 3.63) is 17.5 Å². The molecule has 0 fully saturated rings. The van der Waals surface area contributed by atoms with E-state index in [9.17, 15) is 0 Å². The molecule has 14 heavy (non-hydrogen) atoms. The molecule has 0 aliphatic rings. The van der Waals surface area contributed by atoms with Crippen molar-refractivity contribution >= 4 is 11.6 Å². The van der Waals surface area contributed by atoms with Crippen molar-refractivity contribution in [2.45, 2.75) is 19.9 Å². The first-order valence-corrected chi connectivity index (χ1v) is 5.47. The molecule has 1 rings (SSSR count). The van der Waals surface area contributed by atoms with Crippen LogP contribution >= 0.6 is 11.6 Å². The highest BCUT2D eigenvalue weighted by Gasteiger charge is 2.06. The van der Waals surface area contributed by atoms with Gasteiger partial charge in [0.05, 0.1) is 11.4 Å². The molecule has 0 aliphatic heterocycles. The van der Waals surface area contributed by atoms with Gasteiger partial charge in [-0.1, -0.05) is 6.92 Å². The molecule has 4 heteroatoms. The van der Waals surface area contributed by atoms with Crippen LogP contribution in [0.1, 0.15) is 18.3 Å². The van der Waals surface area contributed by atoms with E-state index in [2.05, 4.69) is 30.0 Å². The standard InChI is InChI=1S/C10H18ClN3/c1-4-9-7-10(14(3)12-9)8-13(2)6-5-11/h7H,4-6,8H2,1-3H3. The minimum Gasteiger partial charge on any atom is -0.299 e. The second-order valence-corrected chi connectivity index (χ2v) is 3.91. The van der Waals surface area contributed by atoms with Crippen molar-refractivity contribution in [3.63, 3.8) is 0 Å². The second-order valence-electron chi connectivity index (χ2n) is 3.53. The Morgan fingerprint density at radius 2 is 2.29 bits per heavy atom. The molecule has 0 bridgehead atoms. The molecule has 0 radical (unpaired) electrons. The smallest absolute Gasteiger partial charge is 0.0625 e. The second kappa shape index (κ2) is 5.37. The Hall–Kier alpha value is -0.540. The maximum Gasteiger partial charge on any atom is 0.0625 e. The summed E-state index contributed by atoms with van der Waals surface area (Å²) in [6.45, 7) is 3.94. The molecule has 0 aromatic carbocycles.